The van der Waals surface area contributed by atoms with Gasteiger partial charge in [-0.1, -0.05) is 25.3 Å². The predicted octanol–water partition coefficient (Wildman–Crippen LogP) is 5.74. The van der Waals surface area contributed by atoms with Crippen molar-refractivity contribution in [3.63, 3.8) is 0 Å². The SMILES string of the molecule is C=CC1=C(C)c2cc3[nH]c(cc4nc(cc5[nH]c(cc1n2)c(C)c5CCC(=O)NCC(=O)O)C(CCC(=O)NCC(=O)O)=C4C)c(C)c3C=C. The lowest BCUT2D eigenvalue weighted by molar-refractivity contribution is -0.138. The molecule has 0 fully saturated rings. The molecule has 0 spiro atoms. The van der Waals surface area contributed by atoms with Gasteiger partial charge in [0.1, 0.15) is 13.1 Å². The van der Waals surface area contributed by atoms with Gasteiger partial charge < -0.3 is 30.8 Å². The summed E-state index contributed by atoms with van der Waals surface area (Å²) < 4.78 is 0. The molecule has 0 radical (unpaired) electrons. The molecule has 2 amide bonds. The molecular formula is C38H40N6O6. The van der Waals surface area contributed by atoms with E-state index in [4.69, 9.17) is 20.2 Å². The molecule has 0 aliphatic carbocycles. The second kappa shape index (κ2) is 14.6. The Morgan fingerprint density at radius 2 is 1.20 bits per heavy atom. The van der Waals surface area contributed by atoms with Gasteiger partial charge in [-0.05, 0) is 98.2 Å². The molecule has 0 aromatic carbocycles. The topological polar surface area (TPSA) is 190 Å². The molecule has 0 saturated carbocycles. The number of carbonyl (C=O) groups excluding carboxylic acids is 2. The number of carbonyl (C=O) groups is 4. The van der Waals surface area contributed by atoms with Crippen LogP contribution in [0, 0.1) is 13.8 Å². The zero-order chi connectivity index (χ0) is 36.3. The van der Waals surface area contributed by atoms with Gasteiger partial charge in [0.05, 0.1) is 22.8 Å². The Hall–Kier alpha value is -6.04. The second-order valence-electron chi connectivity index (χ2n) is 12.3. The van der Waals surface area contributed by atoms with E-state index in [0.29, 0.717) is 35.4 Å². The molecule has 0 unspecified atom stereocenters. The van der Waals surface area contributed by atoms with Crippen molar-refractivity contribution >= 4 is 74.2 Å². The molecule has 2 aliphatic rings. The number of nitrogens with one attached hydrogen (secondary N) is 4. The first-order valence-electron chi connectivity index (χ1n) is 16.2. The van der Waals surface area contributed by atoms with Crippen molar-refractivity contribution in [2.75, 3.05) is 13.1 Å². The summed E-state index contributed by atoms with van der Waals surface area (Å²) in [7, 11) is 0. The molecule has 258 valence electrons. The fourth-order valence-electron chi connectivity index (χ4n) is 6.31. The number of aromatic nitrogens is 4. The standard InChI is InChI=1S/C38H40N6O6/c1-7-23-19(3)27-13-28-21(5)25(9-11-35(45)39-17-37(47)48)33(43-28)16-34-26(10-12-36(46)40-18-38(49)50)22(6)30(44-34)15-32-24(8-2)20(4)29(42-32)14-31(23)41-27/h7-8,13-16,41,44H,1-2,9-12,17-18H2,3-6H3,(H,39,45)(H,40,46)(H,47,48)(H,49,50). The molecule has 8 bridgehead atoms. The summed E-state index contributed by atoms with van der Waals surface area (Å²) in [4.78, 5) is 64.2. The van der Waals surface area contributed by atoms with Crippen LogP contribution in [0.4, 0.5) is 0 Å². The minimum Gasteiger partial charge on any atom is -0.480 e. The number of aliphatic carboxylic acids is 2. The Bertz CT molecular complexity index is 2200. The van der Waals surface area contributed by atoms with Crippen LogP contribution in [0.15, 0.2) is 43.5 Å². The van der Waals surface area contributed by atoms with Crippen LogP contribution in [0.2, 0.25) is 0 Å². The molecule has 6 N–H and O–H groups in total. The van der Waals surface area contributed by atoms with Crippen molar-refractivity contribution < 1.29 is 29.4 Å². The summed E-state index contributed by atoms with van der Waals surface area (Å²) >= 11 is 0. The highest BCUT2D eigenvalue weighted by Gasteiger charge is 2.21. The molecule has 12 nitrogen and oxygen atoms in total. The molecule has 5 rings (SSSR count). The minimum atomic E-state index is -1.13. The van der Waals surface area contributed by atoms with Crippen molar-refractivity contribution in [3.8, 4) is 0 Å². The Morgan fingerprint density at radius 1 is 0.680 bits per heavy atom. The quantitative estimate of drug-likeness (QED) is 0.140. The van der Waals surface area contributed by atoms with Crippen LogP contribution in [0.3, 0.4) is 0 Å². The fourth-order valence-corrected chi connectivity index (χ4v) is 6.31. The molecule has 12 heteroatoms. The van der Waals surface area contributed by atoms with Gasteiger partial charge in [0.2, 0.25) is 11.8 Å². The van der Waals surface area contributed by atoms with Crippen LogP contribution >= 0.6 is 0 Å². The molecule has 5 heterocycles. The van der Waals surface area contributed by atoms with Gasteiger partial charge in [-0.15, -0.1) is 0 Å². The van der Waals surface area contributed by atoms with Gasteiger partial charge in [0, 0.05) is 46.0 Å². The highest BCUT2D eigenvalue weighted by atomic mass is 16.4. The number of aryl methyl sites for hydroxylation is 3. The van der Waals surface area contributed by atoms with Gasteiger partial charge in [0.15, 0.2) is 0 Å². The van der Waals surface area contributed by atoms with E-state index in [2.05, 4.69) is 33.8 Å². The maximum absolute atomic E-state index is 12.6. The van der Waals surface area contributed by atoms with Gasteiger partial charge in [-0.2, -0.15) is 0 Å². The van der Waals surface area contributed by atoms with Crippen LogP contribution in [0.1, 0.15) is 78.1 Å². The lowest BCUT2D eigenvalue weighted by Gasteiger charge is -2.06. The maximum atomic E-state index is 12.6. The number of hydrogen-bond acceptors (Lipinski definition) is 6. The number of aromatic amines is 2. The highest BCUT2D eigenvalue weighted by molar-refractivity contribution is 5.98. The third-order valence-corrected chi connectivity index (χ3v) is 9.12. The minimum absolute atomic E-state index is 0.0508. The lowest BCUT2D eigenvalue weighted by atomic mass is 10.00. The first kappa shape index (κ1) is 35.3. The summed E-state index contributed by atoms with van der Waals surface area (Å²) in [5.74, 6) is -3.04. The van der Waals surface area contributed by atoms with Crippen molar-refractivity contribution in [1.29, 1.82) is 0 Å². The van der Waals surface area contributed by atoms with Crippen LogP contribution in [-0.4, -0.2) is 67.0 Å². The molecule has 3 aromatic heterocycles. The summed E-state index contributed by atoms with van der Waals surface area (Å²) in [6.45, 7) is 15.1. The Morgan fingerprint density at radius 3 is 1.82 bits per heavy atom. The fraction of sp³-hybridized carbons (Fsp3) is 0.263. The number of nitrogens with zero attached hydrogens (tertiary/aromatic N) is 2. The zero-order valence-corrected chi connectivity index (χ0v) is 28.5. The van der Waals surface area contributed by atoms with Gasteiger partial charge in [-0.25, -0.2) is 9.97 Å². The number of amides is 2. The van der Waals surface area contributed by atoms with E-state index in [9.17, 15) is 19.2 Å². The first-order chi connectivity index (χ1) is 23.8. The number of rotatable bonds is 12. The summed E-state index contributed by atoms with van der Waals surface area (Å²) in [6.07, 6.45) is 4.31. The Kier molecular flexibility index (Phi) is 10.3. The van der Waals surface area contributed by atoms with E-state index in [0.717, 1.165) is 66.8 Å². The summed E-state index contributed by atoms with van der Waals surface area (Å²) in [6, 6.07) is 7.80. The van der Waals surface area contributed by atoms with E-state index >= 15 is 0 Å². The molecule has 0 saturated heterocycles. The number of H-pyrrole nitrogens is 2. The van der Waals surface area contributed by atoms with Crippen molar-refractivity contribution in [3.05, 3.63) is 88.5 Å². The average molecular weight is 677 g/mol. The number of hydrogen-bond donors (Lipinski definition) is 6. The van der Waals surface area contributed by atoms with E-state index in [1.807, 2.05) is 58.0 Å². The molecular weight excluding hydrogens is 636 g/mol. The number of carboxylic acid groups (broad SMARTS) is 2. The summed E-state index contributed by atoms with van der Waals surface area (Å²) in [5.41, 5.74) is 13.1. The first-order valence-corrected chi connectivity index (χ1v) is 16.2. The third kappa shape index (κ3) is 7.34. The monoisotopic (exact) mass is 676 g/mol. The van der Waals surface area contributed by atoms with Crippen LogP contribution in [0.25, 0.3) is 50.4 Å². The van der Waals surface area contributed by atoms with Gasteiger partial charge in [-0.3, -0.25) is 19.2 Å². The zero-order valence-electron chi connectivity index (χ0n) is 28.5. The number of allylic oxidation sites excluding steroid dienone is 5. The van der Waals surface area contributed by atoms with Crippen LogP contribution in [0.5, 0.6) is 0 Å². The normalized spacial score (nSPS) is 12.6. The van der Waals surface area contributed by atoms with Crippen molar-refractivity contribution in [2.24, 2.45) is 0 Å². The smallest absolute Gasteiger partial charge is 0.322 e. The van der Waals surface area contributed by atoms with E-state index in [1.54, 1.807) is 6.08 Å². The van der Waals surface area contributed by atoms with E-state index in [1.165, 1.54) is 0 Å². The number of carboxylic acids is 2. The van der Waals surface area contributed by atoms with Crippen molar-refractivity contribution in [2.45, 2.75) is 53.4 Å². The average Bonchev–Trinajstić information content (AvgIpc) is 3.73. The van der Waals surface area contributed by atoms with Crippen molar-refractivity contribution in [1.82, 2.24) is 30.6 Å². The van der Waals surface area contributed by atoms with E-state index in [-0.39, 0.29) is 12.8 Å². The number of fused-ring (bicyclic) bond motifs is 8. The van der Waals surface area contributed by atoms with Gasteiger partial charge in [0.25, 0.3) is 0 Å². The molecule has 0 atom stereocenters. The second-order valence-corrected chi connectivity index (χ2v) is 12.3. The predicted molar refractivity (Wildman–Crippen MR) is 195 cm³/mol. The maximum Gasteiger partial charge on any atom is 0.322 e. The Labute approximate surface area is 288 Å². The van der Waals surface area contributed by atoms with E-state index < -0.39 is 36.8 Å². The van der Waals surface area contributed by atoms with Crippen LogP contribution < -0.4 is 10.6 Å². The molecule has 2 aliphatic heterocycles. The van der Waals surface area contributed by atoms with Crippen LogP contribution in [-0.2, 0) is 25.6 Å². The summed E-state index contributed by atoms with van der Waals surface area (Å²) in [5, 5.41) is 22.9. The highest BCUT2D eigenvalue weighted by Crippen LogP contribution is 2.36. The third-order valence-electron chi connectivity index (χ3n) is 9.12. The largest absolute Gasteiger partial charge is 0.480 e. The van der Waals surface area contributed by atoms with Gasteiger partial charge >= 0.3 is 11.9 Å². The molecule has 50 heavy (non-hydrogen) atoms. The molecule has 3 aromatic rings. The Balaban J connectivity index is 1.78. The lowest BCUT2D eigenvalue weighted by Crippen LogP contribution is -2.29.